The van der Waals surface area contributed by atoms with Crippen molar-refractivity contribution in [3.63, 3.8) is 0 Å². The number of benzene rings is 1. The topological polar surface area (TPSA) is 37.8 Å². The molecule has 3 nitrogen and oxygen atoms in total. The molecule has 1 N–H and O–H groups in total. The molecule has 0 fully saturated rings. The predicted octanol–water partition coefficient (Wildman–Crippen LogP) is 2.13. The van der Waals surface area contributed by atoms with Crippen molar-refractivity contribution in [2.24, 2.45) is 0 Å². The molecule has 1 aromatic heterocycles. The molecule has 0 aliphatic heterocycles. The zero-order valence-electron chi connectivity index (χ0n) is 7.97. The maximum absolute atomic E-state index is 5.31. The Morgan fingerprint density at radius 1 is 1.47 bits per heavy atom. The summed E-state index contributed by atoms with van der Waals surface area (Å²) in [4.78, 5) is 0. The Bertz CT molecular complexity index is 471. The van der Waals surface area contributed by atoms with E-state index < -0.39 is 0 Å². The Morgan fingerprint density at radius 2 is 2.40 bits per heavy atom. The lowest BCUT2D eigenvalue weighted by Gasteiger charge is -2.03. The minimum Gasteiger partial charge on any atom is -0.379 e. The second-order valence-corrected chi connectivity index (χ2v) is 3.58. The zero-order valence-corrected chi connectivity index (χ0v) is 8.79. The highest BCUT2D eigenvalue weighted by molar-refractivity contribution is 7.03. The molecule has 1 heterocycles. The van der Waals surface area contributed by atoms with Gasteiger partial charge in [-0.2, -0.15) is 0 Å². The molecule has 15 heavy (non-hydrogen) atoms. The van der Waals surface area contributed by atoms with Crippen molar-refractivity contribution in [1.29, 1.82) is 0 Å². The van der Waals surface area contributed by atoms with Gasteiger partial charge in [-0.15, -0.1) is 11.5 Å². The lowest BCUT2D eigenvalue weighted by atomic mass is 10.2. The molecule has 2 aromatic rings. The third kappa shape index (κ3) is 2.55. The fraction of sp³-hybridized carbons (Fsp3) is 0.0909. The van der Waals surface area contributed by atoms with Crippen LogP contribution in [0.25, 0.3) is 0 Å². The summed E-state index contributed by atoms with van der Waals surface area (Å²) in [6.07, 6.45) is 5.31. The third-order valence-corrected chi connectivity index (χ3v) is 2.46. The number of hydrogen-bond donors (Lipinski definition) is 1. The van der Waals surface area contributed by atoms with Gasteiger partial charge in [-0.25, -0.2) is 0 Å². The molecule has 0 bridgehead atoms. The van der Waals surface area contributed by atoms with E-state index in [2.05, 4.69) is 20.8 Å². The molecule has 0 aliphatic rings. The standard InChI is InChI=1S/C11H9N3S/c1-2-9-4-3-5-10(6-9)12-7-11-8-15-14-13-11/h1,3-6,8,12H,7H2. The largest absolute Gasteiger partial charge is 0.379 e. The minimum absolute atomic E-state index is 0.671. The molecule has 0 radical (unpaired) electrons. The summed E-state index contributed by atoms with van der Waals surface area (Å²) in [5.41, 5.74) is 2.81. The van der Waals surface area contributed by atoms with E-state index in [1.807, 2.05) is 29.6 Å². The Hall–Kier alpha value is -1.86. The zero-order chi connectivity index (χ0) is 10.5. The summed E-state index contributed by atoms with van der Waals surface area (Å²) >= 11 is 1.35. The van der Waals surface area contributed by atoms with Gasteiger partial charge < -0.3 is 5.32 Å². The van der Waals surface area contributed by atoms with Crippen molar-refractivity contribution in [3.05, 3.63) is 40.9 Å². The van der Waals surface area contributed by atoms with Gasteiger partial charge in [-0.1, -0.05) is 16.5 Å². The summed E-state index contributed by atoms with van der Waals surface area (Å²) in [6, 6.07) is 7.73. The first-order valence-electron chi connectivity index (χ1n) is 4.45. The van der Waals surface area contributed by atoms with E-state index in [1.54, 1.807) is 0 Å². The maximum Gasteiger partial charge on any atom is 0.0946 e. The van der Waals surface area contributed by atoms with Gasteiger partial charge in [0.25, 0.3) is 0 Å². The molecule has 0 spiro atoms. The summed E-state index contributed by atoms with van der Waals surface area (Å²) in [5, 5.41) is 9.08. The van der Waals surface area contributed by atoms with Crippen LogP contribution in [0.1, 0.15) is 11.3 Å². The van der Waals surface area contributed by atoms with Crippen molar-refractivity contribution in [2.45, 2.75) is 6.54 Å². The van der Waals surface area contributed by atoms with Crippen molar-refractivity contribution < 1.29 is 0 Å². The molecule has 0 saturated heterocycles. The predicted molar refractivity (Wildman–Crippen MR) is 61.6 cm³/mol. The molecular formula is C11H9N3S. The van der Waals surface area contributed by atoms with E-state index in [0.717, 1.165) is 16.9 Å². The molecule has 2 rings (SSSR count). The van der Waals surface area contributed by atoms with Crippen LogP contribution in [0.3, 0.4) is 0 Å². The van der Waals surface area contributed by atoms with Crippen LogP contribution in [-0.4, -0.2) is 9.59 Å². The Kier molecular flexibility index (Phi) is 2.96. The third-order valence-electron chi connectivity index (χ3n) is 1.91. The van der Waals surface area contributed by atoms with Gasteiger partial charge in [0.15, 0.2) is 0 Å². The van der Waals surface area contributed by atoms with E-state index >= 15 is 0 Å². The SMILES string of the molecule is C#Cc1cccc(NCc2csnn2)c1. The van der Waals surface area contributed by atoms with E-state index in [1.165, 1.54) is 11.5 Å². The van der Waals surface area contributed by atoms with Gasteiger partial charge in [-0.05, 0) is 29.7 Å². The second kappa shape index (κ2) is 4.58. The summed E-state index contributed by atoms with van der Waals surface area (Å²) in [5.74, 6) is 2.59. The number of rotatable bonds is 3. The average Bonchev–Trinajstić information content (AvgIpc) is 2.79. The first kappa shape index (κ1) is 9.69. The molecule has 4 heteroatoms. The molecule has 1 aromatic carbocycles. The second-order valence-electron chi connectivity index (χ2n) is 2.97. The van der Waals surface area contributed by atoms with Gasteiger partial charge in [0.2, 0.25) is 0 Å². The van der Waals surface area contributed by atoms with Gasteiger partial charge >= 0.3 is 0 Å². The highest BCUT2D eigenvalue weighted by atomic mass is 32.1. The van der Waals surface area contributed by atoms with Crippen LogP contribution >= 0.6 is 11.5 Å². The first-order chi connectivity index (χ1) is 7.38. The molecular weight excluding hydrogens is 206 g/mol. The lowest BCUT2D eigenvalue weighted by Crippen LogP contribution is -1.99. The number of aromatic nitrogens is 2. The number of nitrogens with one attached hydrogen (secondary N) is 1. The highest BCUT2D eigenvalue weighted by Gasteiger charge is 1.96. The quantitative estimate of drug-likeness (QED) is 0.797. The summed E-state index contributed by atoms with van der Waals surface area (Å²) in [6.45, 7) is 0.671. The van der Waals surface area contributed by atoms with E-state index in [9.17, 15) is 0 Å². The highest BCUT2D eigenvalue weighted by Crippen LogP contribution is 2.10. The van der Waals surface area contributed by atoms with Crippen molar-refractivity contribution in [3.8, 4) is 12.3 Å². The molecule has 0 aliphatic carbocycles. The summed E-state index contributed by atoms with van der Waals surface area (Å²) in [7, 11) is 0. The van der Waals surface area contributed by atoms with Gasteiger partial charge in [-0.3, -0.25) is 0 Å². The fourth-order valence-electron chi connectivity index (χ4n) is 1.17. The molecule has 0 amide bonds. The van der Waals surface area contributed by atoms with Crippen LogP contribution in [0.5, 0.6) is 0 Å². The van der Waals surface area contributed by atoms with Crippen LogP contribution in [0.4, 0.5) is 5.69 Å². The Labute approximate surface area is 92.3 Å². The fourth-order valence-corrected chi connectivity index (χ4v) is 1.62. The smallest absolute Gasteiger partial charge is 0.0946 e. The van der Waals surface area contributed by atoms with E-state index in [0.29, 0.717) is 6.54 Å². The maximum atomic E-state index is 5.31. The molecule has 0 atom stereocenters. The number of terminal acetylenes is 1. The van der Waals surface area contributed by atoms with E-state index in [-0.39, 0.29) is 0 Å². The molecule has 74 valence electrons. The summed E-state index contributed by atoms with van der Waals surface area (Å²) < 4.78 is 3.79. The normalized spacial score (nSPS) is 9.53. The monoisotopic (exact) mass is 215 g/mol. The van der Waals surface area contributed by atoms with Gasteiger partial charge in [0, 0.05) is 16.6 Å². The van der Waals surface area contributed by atoms with Crippen LogP contribution in [0.15, 0.2) is 29.6 Å². The number of anilines is 1. The van der Waals surface area contributed by atoms with Crippen molar-refractivity contribution in [1.82, 2.24) is 9.59 Å². The van der Waals surface area contributed by atoms with Crippen LogP contribution < -0.4 is 5.32 Å². The first-order valence-corrected chi connectivity index (χ1v) is 5.28. The van der Waals surface area contributed by atoms with E-state index in [4.69, 9.17) is 6.42 Å². The number of nitrogens with zero attached hydrogens (tertiary/aromatic N) is 2. The lowest BCUT2D eigenvalue weighted by molar-refractivity contribution is 0.999. The van der Waals surface area contributed by atoms with Gasteiger partial charge in [0.1, 0.15) is 0 Å². The van der Waals surface area contributed by atoms with Crippen LogP contribution in [-0.2, 0) is 6.54 Å². The van der Waals surface area contributed by atoms with Crippen LogP contribution in [0, 0.1) is 12.3 Å². The van der Waals surface area contributed by atoms with Crippen molar-refractivity contribution >= 4 is 17.2 Å². The Morgan fingerprint density at radius 3 is 3.13 bits per heavy atom. The average molecular weight is 215 g/mol. The van der Waals surface area contributed by atoms with Crippen LogP contribution in [0.2, 0.25) is 0 Å². The van der Waals surface area contributed by atoms with Gasteiger partial charge in [0.05, 0.1) is 12.2 Å². The molecule has 0 unspecified atom stereocenters. The minimum atomic E-state index is 0.671. The molecule has 0 saturated carbocycles. The number of hydrogen-bond acceptors (Lipinski definition) is 4. The Balaban J connectivity index is 2.02. The van der Waals surface area contributed by atoms with Crippen molar-refractivity contribution in [2.75, 3.05) is 5.32 Å².